The number of hydrogen-bond acceptors (Lipinski definition) is 4. The van der Waals surface area contributed by atoms with E-state index in [0.29, 0.717) is 35.1 Å². The number of ether oxygens (including phenoxy) is 2. The van der Waals surface area contributed by atoms with Gasteiger partial charge in [-0.3, -0.25) is 4.79 Å². The lowest BCUT2D eigenvalue weighted by atomic mass is 10.1. The number of nitrogens with two attached hydrogens (primary N) is 1. The number of nitrogen functional groups attached to an aromatic ring is 1. The fourth-order valence-corrected chi connectivity index (χ4v) is 3.21. The molecule has 132 valence electrons. The molecule has 5 nitrogen and oxygen atoms in total. The molecule has 1 fully saturated rings. The summed E-state index contributed by atoms with van der Waals surface area (Å²) in [5, 5.41) is 0.338. The molecule has 2 aromatic carbocycles. The predicted molar refractivity (Wildman–Crippen MR) is 98.0 cm³/mol. The van der Waals surface area contributed by atoms with Gasteiger partial charge in [0, 0.05) is 12.6 Å². The van der Waals surface area contributed by atoms with Crippen LogP contribution in [-0.4, -0.2) is 37.1 Å². The van der Waals surface area contributed by atoms with Crippen LogP contribution in [0.5, 0.6) is 5.75 Å². The normalized spacial score (nSPS) is 20.4. The van der Waals surface area contributed by atoms with Crippen molar-refractivity contribution in [3.8, 4) is 5.75 Å². The second kappa shape index (κ2) is 7.33. The number of methoxy groups -OCH3 is 1. The second-order valence-corrected chi connectivity index (χ2v) is 6.54. The highest BCUT2D eigenvalue weighted by Crippen LogP contribution is 2.32. The molecule has 2 N–H and O–H groups in total. The van der Waals surface area contributed by atoms with Gasteiger partial charge in [-0.25, -0.2) is 0 Å². The Balaban J connectivity index is 1.88. The number of carbonyl (C=O) groups excluding carboxylic acids is 1. The zero-order valence-corrected chi connectivity index (χ0v) is 15.0. The average Bonchev–Trinajstić information content (AvgIpc) is 2.63. The van der Waals surface area contributed by atoms with Crippen molar-refractivity contribution < 1.29 is 14.3 Å². The third kappa shape index (κ3) is 3.72. The lowest BCUT2D eigenvalue weighted by Gasteiger charge is -2.37. The third-order valence-corrected chi connectivity index (χ3v) is 4.60. The predicted octanol–water partition coefficient (Wildman–Crippen LogP) is 3.53. The molecule has 25 heavy (non-hydrogen) atoms. The van der Waals surface area contributed by atoms with Crippen molar-refractivity contribution in [3.63, 3.8) is 0 Å². The maximum Gasteiger partial charge on any atom is 0.257 e. The van der Waals surface area contributed by atoms with E-state index in [4.69, 9.17) is 26.8 Å². The summed E-state index contributed by atoms with van der Waals surface area (Å²) >= 11 is 6.10. The zero-order valence-electron chi connectivity index (χ0n) is 14.2. The van der Waals surface area contributed by atoms with Crippen molar-refractivity contribution in [2.45, 2.75) is 19.1 Å². The molecule has 0 aromatic heterocycles. The number of carbonyl (C=O) groups is 1. The molecule has 1 amide bonds. The summed E-state index contributed by atoms with van der Waals surface area (Å²) in [4.78, 5) is 14.8. The highest BCUT2D eigenvalue weighted by molar-refractivity contribution is 6.33. The van der Waals surface area contributed by atoms with Crippen molar-refractivity contribution in [1.29, 1.82) is 0 Å². The van der Waals surface area contributed by atoms with E-state index in [0.717, 1.165) is 5.56 Å². The fourth-order valence-electron chi connectivity index (χ4n) is 3.04. The molecule has 1 saturated heterocycles. The van der Waals surface area contributed by atoms with E-state index in [1.54, 1.807) is 17.0 Å². The molecule has 0 spiro atoms. The second-order valence-electron chi connectivity index (χ2n) is 6.13. The molecule has 0 bridgehead atoms. The van der Waals surface area contributed by atoms with E-state index in [1.165, 1.54) is 7.11 Å². The van der Waals surface area contributed by atoms with Crippen LogP contribution in [0.15, 0.2) is 42.5 Å². The Bertz CT molecular complexity index is 767. The van der Waals surface area contributed by atoms with Crippen molar-refractivity contribution in [1.82, 2.24) is 4.90 Å². The van der Waals surface area contributed by atoms with Crippen molar-refractivity contribution in [3.05, 3.63) is 58.6 Å². The van der Waals surface area contributed by atoms with E-state index in [1.807, 2.05) is 37.3 Å². The Labute approximate surface area is 152 Å². The van der Waals surface area contributed by atoms with E-state index in [-0.39, 0.29) is 18.1 Å². The molecule has 0 saturated carbocycles. The standard InChI is InChI=1S/C19H21ClN2O3/c1-12-10-22(11-18(25-12)13-6-4-3-5-7-13)19(23)14-8-15(20)16(21)9-17(14)24-2/h3-9,12,18H,10-11,21H2,1-2H3. The van der Waals surface area contributed by atoms with Gasteiger partial charge < -0.3 is 20.1 Å². The molecule has 0 radical (unpaired) electrons. The van der Waals surface area contributed by atoms with Gasteiger partial charge in [0.05, 0.1) is 36.0 Å². The van der Waals surface area contributed by atoms with Crippen LogP contribution in [0.3, 0.4) is 0 Å². The van der Waals surface area contributed by atoms with Gasteiger partial charge in [0.25, 0.3) is 5.91 Å². The van der Waals surface area contributed by atoms with E-state index in [2.05, 4.69) is 0 Å². The van der Waals surface area contributed by atoms with E-state index >= 15 is 0 Å². The first kappa shape index (κ1) is 17.6. The Kier molecular flexibility index (Phi) is 5.16. The minimum atomic E-state index is -0.163. The highest BCUT2D eigenvalue weighted by atomic mass is 35.5. The summed E-state index contributed by atoms with van der Waals surface area (Å²) in [7, 11) is 1.51. The first-order valence-electron chi connectivity index (χ1n) is 8.12. The van der Waals surface area contributed by atoms with Gasteiger partial charge in [-0.2, -0.15) is 0 Å². The van der Waals surface area contributed by atoms with Crippen molar-refractivity contribution in [2.75, 3.05) is 25.9 Å². The minimum absolute atomic E-state index is 0.0712. The molecule has 2 unspecified atom stereocenters. The molecular weight excluding hydrogens is 340 g/mol. The Morgan fingerprint density at radius 3 is 2.68 bits per heavy atom. The largest absolute Gasteiger partial charge is 0.496 e. The van der Waals surface area contributed by atoms with Gasteiger partial charge in [0.1, 0.15) is 11.9 Å². The Hall–Kier alpha value is -2.24. The fraction of sp³-hybridized carbons (Fsp3) is 0.316. The molecule has 3 rings (SSSR count). The maximum absolute atomic E-state index is 13.1. The van der Waals surface area contributed by atoms with Gasteiger partial charge in [-0.1, -0.05) is 41.9 Å². The molecule has 1 aliphatic rings. The molecular formula is C19H21ClN2O3. The van der Waals surface area contributed by atoms with Crippen molar-refractivity contribution in [2.24, 2.45) is 0 Å². The van der Waals surface area contributed by atoms with Crippen molar-refractivity contribution >= 4 is 23.2 Å². The first-order valence-corrected chi connectivity index (χ1v) is 8.50. The average molecular weight is 361 g/mol. The molecule has 1 heterocycles. The molecule has 2 atom stereocenters. The summed E-state index contributed by atoms with van der Waals surface area (Å²) in [5.41, 5.74) is 7.64. The van der Waals surface area contributed by atoms with Crippen LogP contribution in [0.1, 0.15) is 28.9 Å². The smallest absolute Gasteiger partial charge is 0.257 e. The summed E-state index contributed by atoms with van der Waals surface area (Å²) in [5.74, 6) is 0.275. The summed E-state index contributed by atoms with van der Waals surface area (Å²) < 4.78 is 11.3. The number of nitrogens with zero attached hydrogens (tertiary/aromatic N) is 1. The monoisotopic (exact) mass is 360 g/mol. The van der Waals surface area contributed by atoms with Crippen LogP contribution in [0.2, 0.25) is 5.02 Å². The van der Waals surface area contributed by atoms with Crippen LogP contribution in [0, 0.1) is 0 Å². The number of morpholine rings is 1. The minimum Gasteiger partial charge on any atom is -0.496 e. The number of rotatable bonds is 3. The number of benzene rings is 2. The lowest BCUT2D eigenvalue weighted by molar-refractivity contribution is -0.0692. The van der Waals surface area contributed by atoms with E-state index < -0.39 is 0 Å². The van der Waals surface area contributed by atoms with Gasteiger partial charge in [0.2, 0.25) is 0 Å². The zero-order chi connectivity index (χ0) is 18.0. The van der Waals surface area contributed by atoms with Crippen LogP contribution in [0.4, 0.5) is 5.69 Å². The maximum atomic E-state index is 13.1. The van der Waals surface area contributed by atoms with Gasteiger partial charge >= 0.3 is 0 Å². The topological polar surface area (TPSA) is 64.8 Å². The van der Waals surface area contributed by atoms with Crippen LogP contribution < -0.4 is 10.5 Å². The molecule has 6 heteroatoms. The first-order chi connectivity index (χ1) is 12.0. The number of anilines is 1. The molecule has 1 aliphatic heterocycles. The quantitative estimate of drug-likeness (QED) is 0.850. The summed E-state index contributed by atoms with van der Waals surface area (Å²) in [6, 6.07) is 13.0. The van der Waals surface area contributed by atoms with E-state index in [9.17, 15) is 4.79 Å². The molecule has 2 aromatic rings. The Morgan fingerprint density at radius 1 is 1.28 bits per heavy atom. The SMILES string of the molecule is COc1cc(N)c(Cl)cc1C(=O)N1CC(C)OC(c2ccccc2)C1. The van der Waals surface area contributed by atoms with Gasteiger partial charge in [-0.15, -0.1) is 0 Å². The summed E-state index contributed by atoms with van der Waals surface area (Å²) in [6.45, 7) is 2.94. The third-order valence-electron chi connectivity index (χ3n) is 4.27. The van der Waals surface area contributed by atoms with Gasteiger partial charge in [0.15, 0.2) is 0 Å². The molecule has 0 aliphatic carbocycles. The van der Waals surface area contributed by atoms with Crippen LogP contribution >= 0.6 is 11.6 Å². The number of amides is 1. The number of hydrogen-bond donors (Lipinski definition) is 1. The number of halogens is 1. The van der Waals surface area contributed by atoms with Gasteiger partial charge in [-0.05, 0) is 18.6 Å². The summed E-state index contributed by atoms with van der Waals surface area (Å²) in [6.07, 6.45) is -0.234. The Morgan fingerprint density at radius 2 is 2.00 bits per heavy atom. The highest BCUT2D eigenvalue weighted by Gasteiger charge is 2.31. The van der Waals surface area contributed by atoms with Crippen LogP contribution in [0.25, 0.3) is 0 Å². The lowest BCUT2D eigenvalue weighted by Crippen LogP contribution is -2.46. The van der Waals surface area contributed by atoms with Crippen LogP contribution in [-0.2, 0) is 4.74 Å².